The molecule has 2 aliphatic heterocycles. The molecule has 0 saturated carbocycles. The van der Waals surface area contributed by atoms with Crippen molar-refractivity contribution in [2.45, 2.75) is 37.4 Å². The molecule has 1 N–H and O–H groups in total. The SMILES string of the molecule is CC12CCCN1C(c1ccccc1)C(c1ccccc1)NC2. The predicted octanol–water partition coefficient (Wildman–Crippen LogP) is 3.93. The fourth-order valence-corrected chi connectivity index (χ4v) is 4.31. The summed E-state index contributed by atoms with van der Waals surface area (Å²) in [7, 11) is 0. The van der Waals surface area contributed by atoms with E-state index in [1.54, 1.807) is 0 Å². The molecule has 0 aliphatic carbocycles. The van der Waals surface area contributed by atoms with Gasteiger partial charge in [-0.3, -0.25) is 4.90 Å². The molecular formula is C20H24N2. The van der Waals surface area contributed by atoms with E-state index in [0.717, 1.165) is 6.54 Å². The summed E-state index contributed by atoms with van der Waals surface area (Å²) in [5.41, 5.74) is 3.12. The molecule has 2 heteroatoms. The molecule has 2 aromatic rings. The van der Waals surface area contributed by atoms with E-state index in [1.807, 2.05) is 0 Å². The van der Waals surface area contributed by atoms with E-state index in [1.165, 1.54) is 30.5 Å². The molecule has 22 heavy (non-hydrogen) atoms. The number of nitrogens with zero attached hydrogens (tertiary/aromatic N) is 1. The zero-order chi connectivity index (χ0) is 15.0. The van der Waals surface area contributed by atoms with Crippen molar-refractivity contribution in [3.8, 4) is 0 Å². The van der Waals surface area contributed by atoms with Crippen LogP contribution in [0.15, 0.2) is 60.7 Å². The second-order valence-electron chi connectivity index (χ2n) is 6.92. The number of fused-ring (bicyclic) bond motifs is 1. The van der Waals surface area contributed by atoms with Gasteiger partial charge < -0.3 is 5.32 Å². The van der Waals surface area contributed by atoms with Gasteiger partial charge in [0.05, 0.1) is 12.1 Å². The molecule has 0 amide bonds. The van der Waals surface area contributed by atoms with Crippen LogP contribution in [0.1, 0.15) is 43.0 Å². The second kappa shape index (κ2) is 5.53. The van der Waals surface area contributed by atoms with Gasteiger partial charge in [0.15, 0.2) is 0 Å². The van der Waals surface area contributed by atoms with Gasteiger partial charge >= 0.3 is 0 Å². The molecule has 2 nitrogen and oxygen atoms in total. The van der Waals surface area contributed by atoms with E-state index in [2.05, 4.69) is 77.8 Å². The highest BCUT2D eigenvalue weighted by molar-refractivity contribution is 5.30. The van der Waals surface area contributed by atoms with Crippen LogP contribution >= 0.6 is 0 Å². The molecule has 2 aliphatic rings. The summed E-state index contributed by atoms with van der Waals surface area (Å²) in [4.78, 5) is 2.75. The minimum Gasteiger partial charge on any atom is -0.306 e. The predicted molar refractivity (Wildman–Crippen MR) is 90.7 cm³/mol. The Hall–Kier alpha value is -1.64. The van der Waals surface area contributed by atoms with Crippen molar-refractivity contribution in [3.63, 3.8) is 0 Å². The molecule has 2 heterocycles. The standard InChI is InChI=1S/C20H24N2/c1-20-13-8-14-22(20)19(17-11-6-3-7-12-17)18(21-15-20)16-9-4-2-5-10-16/h2-7,9-12,18-19,21H,8,13-15H2,1H3. The van der Waals surface area contributed by atoms with Gasteiger partial charge in [0.25, 0.3) is 0 Å². The lowest BCUT2D eigenvalue weighted by Crippen LogP contribution is -2.58. The number of piperazine rings is 1. The van der Waals surface area contributed by atoms with E-state index >= 15 is 0 Å². The zero-order valence-corrected chi connectivity index (χ0v) is 13.2. The quantitative estimate of drug-likeness (QED) is 0.902. The van der Waals surface area contributed by atoms with Crippen molar-refractivity contribution in [3.05, 3.63) is 71.8 Å². The lowest BCUT2D eigenvalue weighted by atomic mass is 9.84. The second-order valence-corrected chi connectivity index (χ2v) is 6.92. The monoisotopic (exact) mass is 292 g/mol. The summed E-state index contributed by atoms with van der Waals surface area (Å²) in [5.74, 6) is 0. The van der Waals surface area contributed by atoms with Crippen LogP contribution in [0, 0.1) is 0 Å². The summed E-state index contributed by atoms with van der Waals surface area (Å²) in [6.07, 6.45) is 2.61. The minimum atomic E-state index is 0.297. The largest absolute Gasteiger partial charge is 0.306 e. The van der Waals surface area contributed by atoms with Crippen LogP contribution in [0.3, 0.4) is 0 Å². The van der Waals surface area contributed by atoms with Gasteiger partial charge in [-0.2, -0.15) is 0 Å². The third-order valence-electron chi connectivity index (χ3n) is 5.46. The number of benzene rings is 2. The van der Waals surface area contributed by atoms with Crippen LogP contribution in [0.2, 0.25) is 0 Å². The van der Waals surface area contributed by atoms with E-state index < -0.39 is 0 Å². The first-order valence-corrected chi connectivity index (χ1v) is 8.38. The molecule has 0 aromatic heterocycles. The van der Waals surface area contributed by atoms with Crippen molar-refractivity contribution < 1.29 is 0 Å². The summed E-state index contributed by atoms with van der Waals surface area (Å²) >= 11 is 0. The first-order chi connectivity index (χ1) is 10.8. The van der Waals surface area contributed by atoms with Crippen molar-refractivity contribution in [2.75, 3.05) is 13.1 Å². The molecule has 0 radical (unpaired) electrons. The van der Waals surface area contributed by atoms with E-state index in [-0.39, 0.29) is 0 Å². The van der Waals surface area contributed by atoms with Crippen LogP contribution in [0.5, 0.6) is 0 Å². The Morgan fingerprint density at radius 2 is 1.59 bits per heavy atom. The molecular weight excluding hydrogens is 268 g/mol. The normalized spacial score (nSPS) is 31.9. The summed E-state index contributed by atoms with van der Waals surface area (Å²) in [6.45, 7) is 4.71. The highest BCUT2D eigenvalue weighted by Gasteiger charge is 2.47. The van der Waals surface area contributed by atoms with Crippen LogP contribution in [-0.2, 0) is 0 Å². The summed E-state index contributed by atoms with van der Waals surface area (Å²) in [6, 6.07) is 22.7. The molecule has 0 bridgehead atoms. The Kier molecular flexibility index (Phi) is 3.51. The Balaban J connectivity index is 1.78. The Morgan fingerprint density at radius 1 is 0.955 bits per heavy atom. The first-order valence-electron chi connectivity index (χ1n) is 8.38. The van der Waals surface area contributed by atoms with Gasteiger partial charge in [-0.1, -0.05) is 60.7 Å². The average Bonchev–Trinajstić information content (AvgIpc) is 2.97. The maximum Gasteiger partial charge on any atom is 0.0549 e. The van der Waals surface area contributed by atoms with Gasteiger partial charge in [0, 0.05) is 12.1 Å². The van der Waals surface area contributed by atoms with Gasteiger partial charge in [0.1, 0.15) is 0 Å². The lowest BCUT2D eigenvalue weighted by molar-refractivity contribution is 0.0323. The smallest absolute Gasteiger partial charge is 0.0549 e. The highest BCUT2D eigenvalue weighted by atomic mass is 15.3. The topological polar surface area (TPSA) is 15.3 Å². The van der Waals surface area contributed by atoms with Gasteiger partial charge in [-0.25, -0.2) is 0 Å². The molecule has 114 valence electrons. The molecule has 3 atom stereocenters. The minimum absolute atomic E-state index is 0.297. The zero-order valence-electron chi connectivity index (χ0n) is 13.2. The Morgan fingerprint density at radius 3 is 2.27 bits per heavy atom. The van der Waals surface area contributed by atoms with Crippen LogP contribution in [-0.4, -0.2) is 23.5 Å². The molecule has 2 saturated heterocycles. The maximum atomic E-state index is 3.85. The average molecular weight is 292 g/mol. The Labute approximate surface area is 133 Å². The number of hydrogen-bond donors (Lipinski definition) is 1. The summed E-state index contributed by atoms with van der Waals surface area (Å²) in [5, 5.41) is 3.85. The number of hydrogen-bond acceptors (Lipinski definition) is 2. The molecule has 4 rings (SSSR count). The van der Waals surface area contributed by atoms with E-state index in [0.29, 0.717) is 17.6 Å². The van der Waals surface area contributed by atoms with Crippen molar-refractivity contribution in [1.29, 1.82) is 0 Å². The maximum absolute atomic E-state index is 3.85. The van der Waals surface area contributed by atoms with Crippen molar-refractivity contribution in [1.82, 2.24) is 10.2 Å². The van der Waals surface area contributed by atoms with Crippen LogP contribution in [0.25, 0.3) is 0 Å². The van der Waals surface area contributed by atoms with Crippen molar-refractivity contribution >= 4 is 0 Å². The van der Waals surface area contributed by atoms with E-state index in [9.17, 15) is 0 Å². The molecule has 0 spiro atoms. The molecule has 3 unspecified atom stereocenters. The van der Waals surface area contributed by atoms with Crippen LogP contribution < -0.4 is 5.32 Å². The van der Waals surface area contributed by atoms with Gasteiger partial charge in [-0.15, -0.1) is 0 Å². The fraction of sp³-hybridized carbons (Fsp3) is 0.400. The van der Waals surface area contributed by atoms with Crippen LogP contribution in [0.4, 0.5) is 0 Å². The van der Waals surface area contributed by atoms with Crippen molar-refractivity contribution in [2.24, 2.45) is 0 Å². The number of nitrogens with one attached hydrogen (secondary N) is 1. The molecule has 2 fully saturated rings. The summed E-state index contributed by atoms with van der Waals surface area (Å²) < 4.78 is 0. The van der Waals surface area contributed by atoms with Gasteiger partial charge in [-0.05, 0) is 37.4 Å². The third-order valence-corrected chi connectivity index (χ3v) is 5.46. The van der Waals surface area contributed by atoms with Gasteiger partial charge in [0.2, 0.25) is 0 Å². The third kappa shape index (κ3) is 2.27. The highest BCUT2D eigenvalue weighted by Crippen LogP contribution is 2.45. The lowest BCUT2D eigenvalue weighted by Gasteiger charge is -2.50. The number of rotatable bonds is 2. The van der Waals surface area contributed by atoms with E-state index in [4.69, 9.17) is 0 Å². The Bertz CT molecular complexity index is 625. The first kappa shape index (κ1) is 14.0. The molecule has 2 aromatic carbocycles. The fourth-order valence-electron chi connectivity index (χ4n) is 4.31.